The number of methoxy groups -OCH3 is 1. The zero-order valence-electron chi connectivity index (χ0n) is 12.2. The second-order valence-electron chi connectivity index (χ2n) is 4.72. The number of benzene rings is 1. The lowest BCUT2D eigenvalue weighted by molar-refractivity contribution is -0.115. The number of anilines is 1. The summed E-state index contributed by atoms with van der Waals surface area (Å²) in [7, 11) is 1.61. The monoisotopic (exact) mass is 408 g/mol. The highest BCUT2D eigenvalue weighted by atomic mass is 79.9. The van der Waals surface area contributed by atoms with E-state index in [4.69, 9.17) is 4.74 Å². The Kier molecular flexibility index (Phi) is 5.09. The Hall–Kier alpha value is -1.70. The Morgan fingerprint density at radius 2 is 2.22 bits per heavy atom. The van der Waals surface area contributed by atoms with E-state index in [2.05, 4.69) is 26.2 Å². The van der Waals surface area contributed by atoms with Gasteiger partial charge in [-0.1, -0.05) is 12.1 Å². The number of thiazole rings is 1. The van der Waals surface area contributed by atoms with Gasteiger partial charge >= 0.3 is 0 Å². The summed E-state index contributed by atoms with van der Waals surface area (Å²) >= 11 is 6.48. The van der Waals surface area contributed by atoms with Crippen molar-refractivity contribution < 1.29 is 9.53 Å². The lowest BCUT2D eigenvalue weighted by Crippen LogP contribution is -2.14. The van der Waals surface area contributed by atoms with Crippen LogP contribution in [0.2, 0.25) is 0 Å². The molecule has 2 heterocycles. The highest BCUT2D eigenvalue weighted by molar-refractivity contribution is 9.11. The van der Waals surface area contributed by atoms with Gasteiger partial charge in [0.15, 0.2) is 5.13 Å². The van der Waals surface area contributed by atoms with E-state index in [9.17, 15) is 4.79 Å². The number of hydrogen-bond acceptors (Lipinski definition) is 5. The van der Waals surface area contributed by atoms with E-state index < -0.39 is 0 Å². The van der Waals surface area contributed by atoms with Gasteiger partial charge in [0.2, 0.25) is 5.91 Å². The number of carbonyl (C=O) groups excluding carboxylic acids is 1. The van der Waals surface area contributed by atoms with Crippen LogP contribution in [0.5, 0.6) is 5.75 Å². The predicted molar refractivity (Wildman–Crippen MR) is 98.5 cm³/mol. The molecule has 23 heavy (non-hydrogen) atoms. The predicted octanol–water partition coefficient (Wildman–Crippen LogP) is 4.82. The molecule has 118 valence electrons. The van der Waals surface area contributed by atoms with Crippen molar-refractivity contribution in [1.29, 1.82) is 0 Å². The van der Waals surface area contributed by atoms with Crippen LogP contribution < -0.4 is 10.1 Å². The van der Waals surface area contributed by atoms with E-state index >= 15 is 0 Å². The van der Waals surface area contributed by atoms with Crippen LogP contribution in [0.1, 0.15) is 5.56 Å². The Balaban J connectivity index is 1.65. The molecular formula is C16H13BrN2O2S2. The van der Waals surface area contributed by atoms with E-state index in [1.54, 1.807) is 18.4 Å². The van der Waals surface area contributed by atoms with Crippen LogP contribution in [-0.4, -0.2) is 18.0 Å². The molecule has 0 radical (unpaired) electrons. The first-order valence-electron chi connectivity index (χ1n) is 6.78. The summed E-state index contributed by atoms with van der Waals surface area (Å²) in [5.74, 6) is 0.654. The third kappa shape index (κ3) is 4.19. The van der Waals surface area contributed by atoms with Gasteiger partial charge in [-0.3, -0.25) is 4.79 Å². The quantitative estimate of drug-likeness (QED) is 0.657. The van der Waals surface area contributed by atoms with E-state index in [1.165, 1.54) is 11.3 Å². The molecule has 0 saturated heterocycles. The Morgan fingerprint density at radius 1 is 1.35 bits per heavy atom. The molecule has 3 aromatic rings. The molecule has 0 spiro atoms. The highest BCUT2D eigenvalue weighted by Crippen LogP contribution is 2.33. The van der Waals surface area contributed by atoms with Crippen molar-refractivity contribution in [3.05, 3.63) is 51.1 Å². The molecule has 0 atom stereocenters. The number of thiophene rings is 1. The largest absolute Gasteiger partial charge is 0.497 e. The molecule has 0 aliphatic rings. The van der Waals surface area contributed by atoms with Crippen molar-refractivity contribution in [3.8, 4) is 16.3 Å². The summed E-state index contributed by atoms with van der Waals surface area (Å²) in [4.78, 5) is 17.7. The summed E-state index contributed by atoms with van der Waals surface area (Å²) < 4.78 is 6.22. The van der Waals surface area contributed by atoms with E-state index in [0.717, 1.165) is 25.7 Å². The average Bonchev–Trinajstić information content (AvgIpc) is 3.16. The van der Waals surface area contributed by atoms with Crippen LogP contribution in [0.15, 0.2) is 45.6 Å². The summed E-state index contributed by atoms with van der Waals surface area (Å²) in [6.07, 6.45) is 0.288. The van der Waals surface area contributed by atoms with Crippen LogP contribution >= 0.6 is 38.6 Å². The smallest absolute Gasteiger partial charge is 0.230 e. The summed E-state index contributed by atoms with van der Waals surface area (Å²) in [5, 5.41) is 5.40. The zero-order chi connectivity index (χ0) is 16.2. The minimum Gasteiger partial charge on any atom is -0.497 e. The molecule has 2 aromatic heterocycles. The maximum Gasteiger partial charge on any atom is 0.230 e. The van der Waals surface area contributed by atoms with Gasteiger partial charge in [-0.2, -0.15) is 0 Å². The maximum atomic E-state index is 12.1. The van der Waals surface area contributed by atoms with Crippen molar-refractivity contribution in [2.24, 2.45) is 0 Å². The number of nitrogens with zero attached hydrogens (tertiary/aromatic N) is 1. The van der Waals surface area contributed by atoms with Crippen molar-refractivity contribution in [2.45, 2.75) is 6.42 Å². The molecule has 0 fully saturated rings. The first-order chi connectivity index (χ1) is 11.1. The number of amides is 1. The van der Waals surface area contributed by atoms with Gasteiger partial charge in [-0.15, -0.1) is 22.7 Å². The van der Waals surface area contributed by atoms with Gasteiger partial charge in [0.05, 0.1) is 27.9 Å². The normalized spacial score (nSPS) is 10.5. The van der Waals surface area contributed by atoms with Gasteiger partial charge in [0.1, 0.15) is 5.75 Å². The first kappa shape index (κ1) is 16.2. The topological polar surface area (TPSA) is 51.2 Å². The summed E-state index contributed by atoms with van der Waals surface area (Å²) in [5.41, 5.74) is 1.78. The minimum absolute atomic E-state index is 0.0912. The van der Waals surface area contributed by atoms with Crippen molar-refractivity contribution in [3.63, 3.8) is 0 Å². The molecule has 4 nitrogen and oxygen atoms in total. The van der Waals surface area contributed by atoms with Crippen LogP contribution in [0.25, 0.3) is 10.6 Å². The van der Waals surface area contributed by atoms with Crippen LogP contribution in [0.3, 0.4) is 0 Å². The van der Waals surface area contributed by atoms with Gasteiger partial charge in [-0.05, 0) is 45.8 Å². The molecular weight excluding hydrogens is 396 g/mol. The maximum absolute atomic E-state index is 12.1. The second-order valence-corrected chi connectivity index (χ2v) is 8.04. The number of nitrogens with one attached hydrogen (secondary N) is 1. The van der Waals surface area contributed by atoms with Crippen LogP contribution in [0, 0.1) is 0 Å². The fraction of sp³-hybridized carbons (Fsp3) is 0.125. The molecule has 7 heteroatoms. The Bertz CT molecular complexity index is 829. The van der Waals surface area contributed by atoms with Crippen LogP contribution in [-0.2, 0) is 11.2 Å². The molecule has 0 saturated carbocycles. The molecule has 1 aromatic carbocycles. The second kappa shape index (κ2) is 7.25. The number of ether oxygens (including phenoxy) is 1. The van der Waals surface area contributed by atoms with Crippen molar-refractivity contribution >= 4 is 49.6 Å². The summed E-state index contributed by atoms with van der Waals surface area (Å²) in [6.45, 7) is 0. The van der Waals surface area contributed by atoms with Gasteiger partial charge in [-0.25, -0.2) is 4.98 Å². The van der Waals surface area contributed by atoms with E-state index in [0.29, 0.717) is 5.13 Å². The zero-order valence-corrected chi connectivity index (χ0v) is 15.4. The lowest BCUT2D eigenvalue weighted by Gasteiger charge is -2.04. The van der Waals surface area contributed by atoms with Crippen LogP contribution in [0.4, 0.5) is 5.13 Å². The summed E-state index contributed by atoms with van der Waals surface area (Å²) in [6, 6.07) is 11.5. The highest BCUT2D eigenvalue weighted by Gasteiger charge is 2.10. The van der Waals surface area contributed by atoms with Crippen molar-refractivity contribution in [2.75, 3.05) is 12.4 Å². The Morgan fingerprint density at radius 3 is 2.96 bits per heavy atom. The number of rotatable bonds is 5. The molecule has 0 aliphatic heterocycles. The lowest BCUT2D eigenvalue weighted by atomic mass is 10.1. The van der Waals surface area contributed by atoms with Gasteiger partial charge in [0.25, 0.3) is 0 Å². The molecule has 1 amide bonds. The standard InChI is InChI=1S/C16H13BrN2O2S2/c1-21-11-4-2-3-10(7-11)8-15(20)19-16-18-12(9-22-16)13-5-6-14(17)23-13/h2-7,9H,8H2,1H3,(H,18,19,20). The van der Waals surface area contributed by atoms with E-state index in [1.807, 2.05) is 41.8 Å². The molecule has 0 unspecified atom stereocenters. The molecule has 1 N–H and O–H groups in total. The van der Waals surface area contributed by atoms with E-state index in [-0.39, 0.29) is 12.3 Å². The van der Waals surface area contributed by atoms with Gasteiger partial charge < -0.3 is 10.1 Å². The van der Waals surface area contributed by atoms with Crippen molar-refractivity contribution in [1.82, 2.24) is 4.98 Å². The first-order valence-corrected chi connectivity index (χ1v) is 9.27. The third-order valence-corrected chi connectivity index (χ3v) is 5.48. The minimum atomic E-state index is -0.0912. The number of hydrogen-bond donors (Lipinski definition) is 1. The Labute approximate surface area is 150 Å². The third-order valence-electron chi connectivity index (χ3n) is 3.08. The number of halogens is 1. The average molecular weight is 409 g/mol. The molecule has 0 aliphatic carbocycles. The SMILES string of the molecule is COc1cccc(CC(=O)Nc2nc(-c3ccc(Br)s3)cs2)c1. The number of carbonyl (C=O) groups is 1. The fourth-order valence-corrected chi connectivity index (χ4v) is 4.18. The number of aromatic nitrogens is 1. The van der Waals surface area contributed by atoms with Gasteiger partial charge in [0, 0.05) is 5.38 Å². The fourth-order valence-electron chi connectivity index (χ4n) is 2.03. The molecule has 3 rings (SSSR count). The molecule has 0 bridgehead atoms.